The summed E-state index contributed by atoms with van der Waals surface area (Å²) < 4.78 is 1.86. The normalized spacial score (nSPS) is 13.2. The van der Waals surface area contributed by atoms with E-state index in [1.165, 1.54) is 5.69 Å². The summed E-state index contributed by atoms with van der Waals surface area (Å²) in [6.07, 6.45) is 4.85. The Bertz CT molecular complexity index is 546. The number of hydrogen-bond acceptors (Lipinski definition) is 4. The van der Waals surface area contributed by atoms with Crippen molar-refractivity contribution < 1.29 is 0 Å². The molecule has 1 N–H and O–H groups in total. The topological polar surface area (TPSA) is 55.1 Å². The van der Waals surface area contributed by atoms with E-state index in [4.69, 9.17) is 0 Å². The van der Waals surface area contributed by atoms with Gasteiger partial charge in [-0.2, -0.15) is 10.1 Å². The molecule has 0 aliphatic carbocycles. The van der Waals surface area contributed by atoms with Crippen molar-refractivity contribution in [1.29, 1.82) is 0 Å². The van der Waals surface area contributed by atoms with E-state index in [9.17, 15) is 0 Å². The van der Waals surface area contributed by atoms with Crippen molar-refractivity contribution in [2.75, 3.05) is 6.54 Å². The Morgan fingerprint density at radius 1 is 1.35 bits per heavy atom. The van der Waals surface area contributed by atoms with E-state index in [1.54, 1.807) is 6.33 Å². The molecule has 20 heavy (non-hydrogen) atoms. The van der Waals surface area contributed by atoms with Crippen LogP contribution in [0.15, 0.2) is 12.4 Å². The van der Waals surface area contributed by atoms with E-state index >= 15 is 0 Å². The lowest BCUT2D eigenvalue weighted by Crippen LogP contribution is -2.33. The molecule has 1 unspecified atom stereocenters. The number of aromatic nitrogens is 4. The van der Waals surface area contributed by atoms with Crippen LogP contribution in [0.1, 0.15) is 45.0 Å². The summed E-state index contributed by atoms with van der Waals surface area (Å²) in [6, 6.07) is 2.59. The van der Waals surface area contributed by atoms with Crippen molar-refractivity contribution >= 4 is 5.78 Å². The van der Waals surface area contributed by atoms with Crippen molar-refractivity contribution in [1.82, 2.24) is 24.9 Å². The third-order valence-corrected chi connectivity index (χ3v) is 3.35. The maximum absolute atomic E-state index is 4.40. The predicted molar refractivity (Wildman–Crippen MR) is 80.8 cm³/mol. The minimum absolute atomic E-state index is 0.476. The van der Waals surface area contributed by atoms with Crippen LogP contribution in [-0.4, -0.2) is 32.2 Å². The molecule has 0 radical (unpaired) electrons. The first-order valence-corrected chi connectivity index (χ1v) is 7.49. The standard InChI is InChI=1S/C15H25N5/c1-5-6-16-13(7-11(2)3)9-14-8-12(4)19-15-17-10-18-20(14)15/h8,10-11,13,16H,5-7,9H2,1-4H3. The van der Waals surface area contributed by atoms with Crippen LogP contribution in [0.4, 0.5) is 0 Å². The Morgan fingerprint density at radius 3 is 2.85 bits per heavy atom. The number of aryl methyl sites for hydroxylation is 1. The van der Waals surface area contributed by atoms with E-state index in [0.717, 1.165) is 31.5 Å². The zero-order chi connectivity index (χ0) is 14.5. The van der Waals surface area contributed by atoms with Crippen LogP contribution < -0.4 is 5.32 Å². The summed E-state index contributed by atoms with van der Waals surface area (Å²) in [7, 11) is 0. The van der Waals surface area contributed by atoms with E-state index in [0.29, 0.717) is 17.7 Å². The molecule has 5 heteroatoms. The Labute approximate surface area is 120 Å². The number of fused-ring (bicyclic) bond motifs is 1. The van der Waals surface area contributed by atoms with Crippen LogP contribution in [0.3, 0.4) is 0 Å². The third kappa shape index (κ3) is 3.76. The van der Waals surface area contributed by atoms with E-state index in [2.05, 4.69) is 47.2 Å². The fourth-order valence-electron chi connectivity index (χ4n) is 2.56. The molecule has 2 heterocycles. The second-order valence-electron chi connectivity index (χ2n) is 5.85. The zero-order valence-corrected chi connectivity index (χ0v) is 12.9. The average Bonchev–Trinajstić information content (AvgIpc) is 2.83. The van der Waals surface area contributed by atoms with Gasteiger partial charge in [-0.05, 0) is 38.3 Å². The van der Waals surface area contributed by atoms with Crippen molar-refractivity contribution in [2.24, 2.45) is 5.92 Å². The van der Waals surface area contributed by atoms with Gasteiger partial charge in [0, 0.05) is 23.9 Å². The zero-order valence-electron chi connectivity index (χ0n) is 12.9. The molecule has 110 valence electrons. The molecule has 0 fully saturated rings. The molecule has 1 atom stereocenters. The van der Waals surface area contributed by atoms with Gasteiger partial charge in [-0.25, -0.2) is 9.50 Å². The number of hydrogen-bond donors (Lipinski definition) is 1. The monoisotopic (exact) mass is 275 g/mol. The van der Waals surface area contributed by atoms with Gasteiger partial charge in [0.15, 0.2) is 0 Å². The molecule has 0 aliphatic rings. The maximum Gasteiger partial charge on any atom is 0.252 e. The lowest BCUT2D eigenvalue weighted by Gasteiger charge is -2.21. The van der Waals surface area contributed by atoms with E-state index in [1.807, 2.05) is 11.4 Å². The van der Waals surface area contributed by atoms with Gasteiger partial charge >= 0.3 is 0 Å². The van der Waals surface area contributed by atoms with Crippen LogP contribution in [0, 0.1) is 12.8 Å². The van der Waals surface area contributed by atoms with Gasteiger partial charge in [-0.3, -0.25) is 0 Å². The molecule has 2 aromatic heterocycles. The highest BCUT2D eigenvalue weighted by atomic mass is 15.3. The highest BCUT2D eigenvalue weighted by Gasteiger charge is 2.14. The van der Waals surface area contributed by atoms with Gasteiger partial charge in [0.2, 0.25) is 0 Å². The van der Waals surface area contributed by atoms with Gasteiger partial charge in [-0.1, -0.05) is 20.8 Å². The van der Waals surface area contributed by atoms with Gasteiger partial charge in [0.05, 0.1) is 0 Å². The Morgan fingerprint density at radius 2 is 2.15 bits per heavy atom. The van der Waals surface area contributed by atoms with Crippen LogP contribution in [0.25, 0.3) is 5.78 Å². The fraction of sp³-hybridized carbons (Fsp3) is 0.667. The number of nitrogens with zero attached hydrogens (tertiary/aromatic N) is 4. The molecule has 2 aromatic rings. The van der Waals surface area contributed by atoms with Crippen LogP contribution in [0.5, 0.6) is 0 Å². The lowest BCUT2D eigenvalue weighted by atomic mass is 9.99. The molecular weight excluding hydrogens is 250 g/mol. The maximum atomic E-state index is 4.40. The fourth-order valence-corrected chi connectivity index (χ4v) is 2.56. The highest BCUT2D eigenvalue weighted by molar-refractivity contribution is 5.30. The minimum atomic E-state index is 0.476. The predicted octanol–water partition coefficient (Wildman–Crippen LogP) is 2.39. The molecule has 5 nitrogen and oxygen atoms in total. The van der Waals surface area contributed by atoms with Gasteiger partial charge < -0.3 is 5.32 Å². The molecular formula is C15H25N5. The van der Waals surface area contributed by atoms with Crippen molar-refractivity contribution in [2.45, 2.75) is 53.0 Å². The van der Waals surface area contributed by atoms with Gasteiger partial charge in [0.1, 0.15) is 6.33 Å². The summed E-state index contributed by atoms with van der Waals surface area (Å²) in [5.74, 6) is 1.37. The first kappa shape index (κ1) is 14.9. The first-order valence-electron chi connectivity index (χ1n) is 7.49. The molecule has 0 aliphatic heterocycles. The second kappa shape index (κ2) is 6.79. The van der Waals surface area contributed by atoms with Crippen molar-refractivity contribution in [3.05, 3.63) is 23.8 Å². The first-order chi connectivity index (χ1) is 9.60. The summed E-state index contributed by atoms with van der Waals surface area (Å²) in [6.45, 7) is 9.80. The Kier molecular flexibility index (Phi) is 5.06. The largest absolute Gasteiger partial charge is 0.314 e. The molecule has 2 rings (SSSR count). The van der Waals surface area contributed by atoms with E-state index in [-0.39, 0.29) is 0 Å². The molecule has 0 aromatic carbocycles. The molecule has 0 spiro atoms. The summed E-state index contributed by atoms with van der Waals surface area (Å²) in [5, 5.41) is 7.93. The van der Waals surface area contributed by atoms with Gasteiger partial charge in [0.25, 0.3) is 5.78 Å². The molecule has 0 saturated carbocycles. The number of nitrogens with one attached hydrogen (secondary N) is 1. The smallest absolute Gasteiger partial charge is 0.252 e. The second-order valence-corrected chi connectivity index (χ2v) is 5.85. The molecule has 0 amide bonds. The minimum Gasteiger partial charge on any atom is -0.314 e. The number of rotatable bonds is 7. The van der Waals surface area contributed by atoms with Gasteiger partial charge in [-0.15, -0.1) is 0 Å². The van der Waals surface area contributed by atoms with E-state index < -0.39 is 0 Å². The van der Waals surface area contributed by atoms with Crippen LogP contribution >= 0.6 is 0 Å². The SMILES string of the molecule is CCCNC(Cc1cc(C)nc2ncnn12)CC(C)C. The quantitative estimate of drug-likeness (QED) is 0.843. The Balaban J connectivity index is 2.20. The lowest BCUT2D eigenvalue weighted by molar-refractivity contribution is 0.411. The van der Waals surface area contributed by atoms with Crippen molar-refractivity contribution in [3.8, 4) is 0 Å². The highest BCUT2D eigenvalue weighted by Crippen LogP contribution is 2.12. The average molecular weight is 275 g/mol. The summed E-state index contributed by atoms with van der Waals surface area (Å²) in [4.78, 5) is 8.59. The summed E-state index contributed by atoms with van der Waals surface area (Å²) >= 11 is 0. The van der Waals surface area contributed by atoms with Crippen LogP contribution in [0.2, 0.25) is 0 Å². The molecule has 0 saturated heterocycles. The van der Waals surface area contributed by atoms with Crippen molar-refractivity contribution in [3.63, 3.8) is 0 Å². The third-order valence-electron chi connectivity index (χ3n) is 3.35. The Hall–Kier alpha value is -1.49. The molecule has 0 bridgehead atoms. The summed E-state index contributed by atoms with van der Waals surface area (Å²) in [5.41, 5.74) is 2.18. The van der Waals surface area contributed by atoms with Crippen LogP contribution in [-0.2, 0) is 6.42 Å².